The fourth-order valence-corrected chi connectivity index (χ4v) is 2.76. The fourth-order valence-electron chi connectivity index (χ4n) is 2.76. The summed E-state index contributed by atoms with van der Waals surface area (Å²) in [7, 11) is 0. The number of hydrogen-bond donors (Lipinski definition) is 1. The SMILES string of the molecule is CC(C)C[C@@H](C(=O)N(C=O)CC(=O)O)N1C(=O)c2ccccc2C1=O. The van der Waals surface area contributed by atoms with Crippen LogP contribution in [0.1, 0.15) is 41.0 Å². The first-order valence-electron chi connectivity index (χ1n) is 7.72. The molecule has 132 valence electrons. The fraction of sp³-hybridized carbons (Fsp3) is 0.353. The molecule has 1 aromatic rings. The van der Waals surface area contributed by atoms with Crippen LogP contribution in [0.3, 0.4) is 0 Å². The molecule has 0 aliphatic carbocycles. The minimum atomic E-state index is -1.37. The second-order valence-electron chi connectivity index (χ2n) is 6.14. The predicted octanol–water partition coefficient (Wildman–Crippen LogP) is 0.767. The molecule has 1 N–H and O–H groups in total. The van der Waals surface area contributed by atoms with Gasteiger partial charge in [0.05, 0.1) is 11.1 Å². The zero-order valence-electron chi connectivity index (χ0n) is 13.8. The number of rotatable bonds is 7. The maximum atomic E-state index is 12.7. The van der Waals surface area contributed by atoms with Gasteiger partial charge >= 0.3 is 5.97 Å². The van der Waals surface area contributed by atoms with E-state index in [0.29, 0.717) is 4.90 Å². The van der Waals surface area contributed by atoms with Gasteiger partial charge in [0.25, 0.3) is 17.7 Å². The van der Waals surface area contributed by atoms with Crippen molar-refractivity contribution in [1.82, 2.24) is 9.80 Å². The van der Waals surface area contributed by atoms with E-state index in [1.54, 1.807) is 26.0 Å². The lowest BCUT2D eigenvalue weighted by Crippen LogP contribution is -2.52. The van der Waals surface area contributed by atoms with Gasteiger partial charge < -0.3 is 5.11 Å². The van der Waals surface area contributed by atoms with Crippen molar-refractivity contribution in [2.75, 3.05) is 6.54 Å². The van der Waals surface area contributed by atoms with Crippen molar-refractivity contribution in [3.05, 3.63) is 35.4 Å². The van der Waals surface area contributed by atoms with Gasteiger partial charge in [-0.3, -0.25) is 33.8 Å². The van der Waals surface area contributed by atoms with Crippen LogP contribution >= 0.6 is 0 Å². The molecule has 1 atom stereocenters. The smallest absolute Gasteiger partial charge is 0.323 e. The summed E-state index contributed by atoms with van der Waals surface area (Å²) in [6, 6.07) is 4.95. The maximum absolute atomic E-state index is 12.7. The van der Waals surface area contributed by atoms with Crippen LogP contribution in [0.2, 0.25) is 0 Å². The number of nitrogens with zero attached hydrogens (tertiary/aromatic N) is 2. The van der Waals surface area contributed by atoms with Gasteiger partial charge in [-0.25, -0.2) is 0 Å². The van der Waals surface area contributed by atoms with Crippen molar-refractivity contribution in [1.29, 1.82) is 0 Å². The molecule has 8 heteroatoms. The molecule has 1 aromatic carbocycles. The average Bonchev–Trinajstić information content (AvgIpc) is 2.81. The molecule has 0 bridgehead atoms. The Labute approximate surface area is 144 Å². The Morgan fingerprint density at radius 3 is 2.08 bits per heavy atom. The summed E-state index contributed by atoms with van der Waals surface area (Å²) in [5.41, 5.74) is 0.370. The van der Waals surface area contributed by atoms with Crippen molar-refractivity contribution in [3.63, 3.8) is 0 Å². The number of carboxylic acids is 1. The Kier molecular flexibility index (Phi) is 5.31. The number of fused-ring (bicyclic) bond motifs is 1. The summed E-state index contributed by atoms with van der Waals surface area (Å²) in [5.74, 6) is -3.58. The summed E-state index contributed by atoms with van der Waals surface area (Å²) in [6.45, 7) is 2.75. The molecule has 0 radical (unpaired) electrons. The molecular formula is C17H18N2O6. The molecule has 1 heterocycles. The van der Waals surface area contributed by atoms with Gasteiger partial charge in [0, 0.05) is 0 Å². The Morgan fingerprint density at radius 2 is 1.68 bits per heavy atom. The van der Waals surface area contributed by atoms with Crippen molar-refractivity contribution in [2.24, 2.45) is 5.92 Å². The number of aliphatic carboxylic acids is 1. The van der Waals surface area contributed by atoms with Crippen LogP contribution in [0.25, 0.3) is 0 Å². The Balaban J connectivity index is 2.40. The molecule has 2 rings (SSSR count). The molecule has 0 spiro atoms. The highest BCUT2D eigenvalue weighted by atomic mass is 16.4. The van der Waals surface area contributed by atoms with Crippen LogP contribution in [-0.4, -0.2) is 57.6 Å². The first-order valence-corrected chi connectivity index (χ1v) is 7.72. The summed E-state index contributed by atoms with van der Waals surface area (Å²) >= 11 is 0. The van der Waals surface area contributed by atoms with E-state index in [4.69, 9.17) is 5.11 Å². The highest BCUT2D eigenvalue weighted by Gasteiger charge is 2.44. The van der Waals surface area contributed by atoms with E-state index in [9.17, 15) is 24.0 Å². The normalized spacial score (nSPS) is 14.4. The molecule has 1 aliphatic heterocycles. The van der Waals surface area contributed by atoms with Gasteiger partial charge in [-0.15, -0.1) is 0 Å². The highest BCUT2D eigenvalue weighted by Crippen LogP contribution is 2.27. The van der Waals surface area contributed by atoms with Gasteiger partial charge in [0.15, 0.2) is 0 Å². The van der Waals surface area contributed by atoms with Crippen LogP contribution in [0.4, 0.5) is 0 Å². The number of carbonyl (C=O) groups excluding carboxylic acids is 4. The number of amides is 4. The molecular weight excluding hydrogens is 328 g/mol. The monoisotopic (exact) mass is 346 g/mol. The van der Waals surface area contributed by atoms with Crippen molar-refractivity contribution < 1.29 is 29.1 Å². The third kappa shape index (κ3) is 3.57. The third-order valence-electron chi connectivity index (χ3n) is 3.83. The summed E-state index contributed by atoms with van der Waals surface area (Å²) in [4.78, 5) is 61.1. The summed E-state index contributed by atoms with van der Waals surface area (Å²) < 4.78 is 0. The zero-order valence-corrected chi connectivity index (χ0v) is 13.8. The van der Waals surface area contributed by atoms with E-state index >= 15 is 0 Å². The third-order valence-corrected chi connectivity index (χ3v) is 3.83. The van der Waals surface area contributed by atoms with Crippen LogP contribution in [0, 0.1) is 5.92 Å². The molecule has 0 saturated carbocycles. The van der Waals surface area contributed by atoms with Crippen LogP contribution < -0.4 is 0 Å². The van der Waals surface area contributed by atoms with Crippen molar-refractivity contribution in [2.45, 2.75) is 26.3 Å². The number of hydrogen-bond acceptors (Lipinski definition) is 5. The Hall–Kier alpha value is -3.03. The second-order valence-corrected chi connectivity index (χ2v) is 6.14. The molecule has 1 aliphatic rings. The minimum absolute atomic E-state index is 0.0726. The molecule has 4 amide bonds. The van der Waals surface area contributed by atoms with Gasteiger partial charge in [0.2, 0.25) is 6.41 Å². The van der Waals surface area contributed by atoms with E-state index in [1.165, 1.54) is 12.1 Å². The van der Waals surface area contributed by atoms with Gasteiger partial charge in [0.1, 0.15) is 12.6 Å². The van der Waals surface area contributed by atoms with E-state index in [2.05, 4.69) is 0 Å². The lowest BCUT2D eigenvalue weighted by atomic mass is 10.0. The van der Waals surface area contributed by atoms with Crippen molar-refractivity contribution >= 4 is 30.1 Å². The molecule has 25 heavy (non-hydrogen) atoms. The van der Waals surface area contributed by atoms with Crippen LogP contribution in [-0.2, 0) is 14.4 Å². The molecule has 0 fully saturated rings. The van der Waals surface area contributed by atoms with Crippen molar-refractivity contribution in [3.8, 4) is 0 Å². The topological polar surface area (TPSA) is 112 Å². The number of carbonyl (C=O) groups is 5. The minimum Gasteiger partial charge on any atom is -0.480 e. The van der Waals surface area contributed by atoms with E-state index in [1.807, 2.05) is 0 Å². The Bertz CT molecular complexity index is 707. The summed E-state index contributed by atoms with van der Waals surface area (Å²) in [6.07, 6.45) is 0.218. The maximum Gasteiger partial charge on any atom is 0.323 e. The lowest BCUT2D eigenvalue weighted by Gasteiger charge is -2.29. The summed E-state index contributed by atoms with van der Waals surface area (Å²) in [5, 5.41) is 8.84. The lowest BCUT2D eigenvalue weighted by molar-refractivity contribution is -0.150. The Morgan fingerprint density at radius 1 is 1.16 bits per heavy atom. The van der Waals surface area contributed by atoms with Gasteiger partial charge in [-0.1, -0.05) is 26.0 Å². The molecule has 0 unspecified atom stereocenters. The highest BCUT2D eigenvalue weighted by molar-refractivity contribution is 6.23. The predicted molar refractivity (Wildman–Crippen MR) is 85.6 cm³/mol. The molecule has 8 nitrogen and oxygen atoms in total. The largest absolute Gasteiger partial charge is 0.480 e. The molecule has 0 saturated heterocycles. The quantitative estimate of drug-likeness (QED) is 0.576. The van der Waals surface area contributed by atoms with Crippen LogP contribution in [0.15, 0.2) is 24.3 Å². The standard InChI is InChI=1S/C17H18N2O6/c1-10(2)7-13(17(25)18(9-20)8-14(21)22)19-15(23)11-5-3-4-6-12(11)16(19)24/h3-6,9-10,13H,7-8H2,1-2H3,(H,21,22)/t13-/m0/s1. The van der Waals surface area contributed by atoms with E-state index in [0.717, 1.165) is 4.90 Å². The molecule has 0 aromatic heterocycles. The van der Waals surface area contributed by atoms with Gasteiger partial charge in [-0.05, 0) is 24.5 Å². The number of imide groups is 2. The first kappa shape index (κ1) is 18.3. The zero-order chi connectivity index (χ0) is 18.7. The number of benzene rings is 1. The number of carboxylic acid groups (broad SMARTS) is 1. The average molecular weight is 346 g/mol. The van der Waals surface area contributed by atoms with E-state index in [-0.39, 0.29) is 29.9 Å². The second kappa shape index (κ2) is 7.25. The van der Waals surface area contributed by atoms with Crippen LogP contribution in [0.5, 0.6) is 0 Å². The van der Waals surface area contributed by atoms with Gasteiger partial charge in [-0.2, -0.15) is 0 Å². The first-order chi connectivity index (χ1) is 11.8. The van der Waals surface area contributed by atoms with E-state index < -0.39 is 36.3 Å².